The monoisotopic (exact) mass is 406 g/mol. The summed E-state index contributed by atoms with van der Waals surface area (Å²) in [4.78, 5) is 29.3. The second-order valence-corrected chi connectivity index (χ2v) is 6.66. The summed E-state index contributed by atoms with van der Waals surface area (Å²) in [5, 5.41) is 3.13. The zero-order chi connectivity index (χ0) is 18.1. The fraction of sp³-hybridized carbons (Fsp3) is 0.312. The highest BCUT2D eigenvalue weighted by Crippen LogP contribution is 2.19. The summed E-state index contributed by atoms with van der Waals surface area (Å²) in [6.45, 7) is 1.38. The average Bonchev–Trinajstić information content (AvgIpc) is 2.95. The maximum atomic E-state index is 12.7. The van der Waals surface area contributed by atoms with E-state index in [-0.39, 0.29) is 5.56 Å². The molecule has 0 spiro atoms. The molecule has 3 N–H and O–H groups in total. The molecule has 8 nitrogen and oxygen atoms in total. The Morgan fingerprint density at radius 2 is 2.00 bits per heavy atom. The maximum Gasteiger partial charge on any atom is 0.332 e. The van der Waals surface area contributed by atoms with Crippen LogP contribution in [0.3, 0.4) is 0 Å². The topological polar surface area (TPSA) is 99.9 Å². The van der Waals surface area contributed by atoms with Crippen LogP contribution in [-0.2, 0) is 20.6 Å². The normalized spacial score (nSPS) is 11.2. The zero-order valence-corrected chi connectivity index (χ0v) is 15.6. The first-order valence-corrected chi connectivity index (χ1v) is 8.58. The zero-order valence-electron chi connectivity index (χ0n) is 14.0. The van der Waals surface area contributed by atoms with Crippen LogP contribution in [0.25, 0.3) is 11.2 Å². The molecule has 0 saturated carbocycles. The predicted molar refractivity (Wildman–Crippen MR) is 101 cm³/mol. The molecule has 2 aromatic heterocycles. The van der Waals surface area contributed by atoms with E-state index in [9.17, 15) is 9.59 Å². The Bertz CT molecular complexity index is 1050. The fourth-order valence-electron chi connectivity index (χ4n) is 2.74. The van der Waals surface area contributed by atoms with Gasteiger partial charge in [0.05, 0.1) is 6.54 Å². The van der Waals surface area contributed by atoms with Gasteiger partial charge in [-0.2, -0.15) is 4.98 Å². The van der Waals surface area contributed by atoms with Crippen LogP contribution in [0, 0.1) is 0 Å². The second-order valence-electron chi connectivity index (χ2n) is 5.74. The molecule has 25 heavy (non-hydrogen) atoms. The molecule has 0 aliphatic heterocycles. The average molecular weight is 407 g/mol. The Morgan fingerprint density at radius 1 is 1.24 bits per heavy atom. The molecule has 0 aliphatic carbocycles. The van der Waals surface area contributed by atoms with Gasteiger partial charge in [-0.25, -0.2) is 4.79 Å². The van der Waals surface area contributed by atoms with Gasteiger partial charge in [-0.3, -0.25) is 18.5 Å². The van der Waals surface area contributed by atoms with E-state index in [1.54, 1.807) is 11.6 Å². The van der Waals surface area contributed by atoms with Crippen molar-refractivity contribution in [3.8, 4) is 0 Å². The van der Waals surface area contributed by atoms with E-state index in [1.165, 1.54) is 11.6 Å². The van der Waals surface area contributed by atoms with Crippen molar-refractivity contribution in [2.45, 2.75) is 6.54 Å². The Labute approximate surface area is 152 Å². The number of hydrogen-bond donors (Lipinski definition) is 2. The number of aryl methyl sites for hydroxylation is 1. The van der Waals surface area contributed by atoms with Crippen molar-refractivity contribution in [3.63, 3.8) is 0 Å². The number of fused-ring (bicyclic) bond motifs is 1. The Balaban J connectivity index is 2.26. The summed E-state index contributed by atoms with van der Waals surface area (Å²) in [5.74, 6) is 0.513. The van der Waals surface area contributed by atoms with Crippen LogP contribution in [0.4, 0.5) is 5.95 Å². The van der Waals surface area contributed by atoms with E-state index in [0.29, 0.717) is 36.7 Å². The maximum absolute atomic E-state index is 12.7. The molecule has 3 rings (SSSR count). The molecule has 0 atom stereocenters. The number of aromatic nitrogens is 4. The highest BCUT2D eigenvalue weighted by molar-refractivity contribution is 9.10. The summed E-state index contributed by atoms with van der Waals surface area (Å²) in [6, 6.07) is 7.81. The highest BCUT2D eigenvalue weighted by atomic mass is 79.9. The Morgan fingerprint density at radius 3 is 2.68 bits per heavy atom. The number of rotatable bonds is 5. The van der Waals surface area contributed by atoms with Crippen LogP contribution in [0.2, 0.25) is 0 Å². The van der Waals surface area contributed by atoms with E-state index >= 15 is 0 Å². The number of halogens is 1. The van der Waals surface area contributed by atoms with Crippen molar-refractivity contribution < 1.29 is 0 Å². The summed E-state index contributed by atoms with van der Waals surface area (Å²) >= 11 is 3.46. The van der Waals surface area contributed by atoms with Gasteiger partial charge in [0.15, 0.2) is 11.2 Å². The van der Waals surface area contributed by atoms with Crippen LogP contribution in [0.1, 0.15) is 5.56 Å². The summed E-state index contributed by atoms with van der Waals surface area (Å²) in [5.41, 5.74) is 6.52. The summed E-state index contributed by atoms with van der Waals surface area (Å²) in [7, 11) is 3.07. The lowest BCUT2D eigenvalue weighted by Gasteiger charge is -2.11. The lowest BCUT2D eigenvalue weighted by atomic mass is 10.2. The SMILES string of the molecule is Cn1c(=O)c2c(nc(NCCN)n2Cc2cccc(Br)c2)n(C)c1=O. The van der Waals surface area contributed by atoms with E-state index in [4.69, 9.17) is 5.73 Å². The molecule has 0 saturated heterocycles. The molecule has 0 aliphatic rings. The predicted octanol–water partition coefficient (Wildman–Crippen LogP) is 0.615. The van der Waals surface area contributed by atoms with Crippen LogP contribution in [0.5, 0.6) is 0 Å². The minimum atomic E-state index is -0.407. The van der Waals surface area contributed by atoms with E-state index in [1.807, 2.05) is 24.3 Å². The van der Waals surface area contributed by atoms with Gasteiger partial charge in [0.1, 0.15) is 0 Å². The molecule has 0 bridgehead atoms. The van der Waals surface area contributed by atoms with Crippen molar-refractivity contribution in [3.05, 3.63) is 55.1 Å². The van der Waals surface area contributed by atoms with Crippen LogP contribution >= 0.6 is 15.9 Å². The van der Waals surface area contributed by atoms with Crippen molar-refractivity contribution >= 4 is 33.0 Å². The molecule has 3 aromatic rings. The van der Waals surface area contributed by atoms with Gasteiger partial charge in [0.25, 0.3) is 5.56 Å². The molecule has 2 heterocycles. The minimum Gasteiger partial charge on any atom is -0.354 e. The first-order chi connectivity index (χ1) is 11.9. The summed E-state index contributed by atoms with van der Waals surface area (Å²) < 4.78 is 5.20. The fourth-order valence-corrected chi connectivity index (χ4v) is 3.18. The van der Waals surface area contributed by atoms with Gasteiger partial charge in [-0.05, 0) is 17.7 Å². The molecule has 1 aromatic carbocycles. The van der Waals surface area contributed by atoms with Crippen molar-refractivity contribution in [1.29, 1.82) is 0 Å². The molecule has 0 unspecified atom stereocenters. The standard InChI is InChI=1S/C16H19BrN6O2/c1-21-13-12(14(24)22(2)16(21)25)23(15(20-13)19-7-6-18)9-10-4-3-5-11(17)8-10/h3-5,8H,6-7,9,18H2,1-2H3,(H,19,20). The number of nitrogens with zero attached hydrogens (tertiary/aromatic N) is 4. The van der Waals surface area contributed by atoms with Crippen molar-refractivity contribution in [2.24, 2.45) is 19.8 Å². The largest absolute Gasteiger partial charge is 0.354 e. The van der Waals surface area contributed by atoms with Gasteiger partial charge in [0.2, 0.25) is 5.95 Å². The molecule has 132 valence electrons. The van der Waals surface area contributed by atoms with E-state index in [2.05, 4.69) is 26.2 Å². The molecule has 0 amide bonds. The quantitative estimate of drug-likeness (QED) is 0.646. The van der Waals surface area contributed by atoms with Gasteiger partial charge in [-0.1, -0.05) is 28.1 Å². The Hall–Kier alpha value is -2.39. The second kappa shape index (κ2) is 6.85. The van der Waals surface area contributed by atoms with Crippen LogP contribution in [0.15, 0.2) is 38.3 Å². The first kappa shape index (κ1) is 17.4. The summed E-state index contributed by atoms with van der Waals surface area (Å²) in [6.07, 6.45) is 0. The van der Waals surface area contributed by atoms with Gasteiger partial charge in [-0.15, -0.1) is 0 Å². The number of nitrogens with two attached hydrogens (primary N) is 1. The molecular weight excluding hydrogens is 388 g/mol. The first-order valence-electron chi connectivity index (χ1n) is 7.78. The number of benzene rings is 1. The van der Waals surface area contributed by atoms with Gasteiger partial charge >= 0.3 is 5.69 Å². The lowest BCUT2D eigenvalue weighted by molar-refractivity contribution is 0.702. The van der Waals surface area contributed by atoms with Crippen LogP contribution < -0.4 is 22.3 Å². The number of nitrogens with one attached hydrogen (secondary N) is 1. The van der Waals surface area contributed by atoms with E-state index in [0.717, 1.165) is 14.6 Å². The lowest BCUT2D eigenvalue weighted by Crippen LogP contribution is -2.37. The third-order valence-electron chi connectivity index (χ3n) is 4.01. The smallest absolute Gasteiger partial charge is 0.332 e. The van der Waals surface area contributed by atoms with E-state index < -0.39 is 5.69 Å². The third kappa shape index (κ3) is 3.12. The van der Waals surface area contributed by atoms with Gasteiger partial charge in [0, 0.05) is 31.7 Å². The molecule has 0 fully saturated rings. The van der Waals surface area contributed by atoms with Crippen molar-refractivity contribution in [2.75, 3.05) is 18.4 Å². The number of hydrogen-bond acceptors (Lipinski definition) is 5. The number of imidazole rings is 1. The minimum absolute atomic E-state index is 0.350. The molecule has 0 radical (unpaired) electrons. The molecule has 9 heteroatoms. The Kier molecular flexibility index (Phi) is 4.78. The third-order valence-corrected chi connectivity index (χ3v) is 4.50. The van der Waals surface area contributed by atoms with Crippen LogP contribution in [-0.4, -0.2) is 31.8 Å². The molecular formula is C16H19BrN6O2. The highest BCUT2D eigenvalue weighted by Gasteiger charge is 2.19. The number of anilines is 1. The van der Waals surface area contributed by atoms with Crippen molar-refractivity contribution in [1.82, 2.24) is 18.7 Å². The van der Waals surface area contributed by atoms with Gasteiger partial charge < -0.3 is 11.1 Å².